The number of rotatable bonds is 4. The summed E-state index contributed by atoms with van der Waals surface area (Å²) >= 11 is 0. The molecule has 0 spiro atoms. The van der Waals surface area contributed by atoms with E-state index in [2.05, 4.69) is 41.6 Å². The molecule has 1 saturated carbocycles. The number of hydrogen-bond acceptors (Lipinski definition) is 3. The van der Waals surface area contributed by atoms with Gasteiger partial charge in [0, 0.05) is 25.7 Å². The molecule has 1 aliphatic rings. The van der Waals surface area contributed by atoms with E-state index < -0.39 is 0 Å². The van der Waals surface area contributed by atoms with Crippen molar-refractivity contribution in [3.63, 3.8) is 0 Å². The van der Waals surface area contributed by atoms with Crippen molar-refractivity contribution in [2.75, 3.05) is 18.5 Å². The van der Waals surface area contributed by atoms with Crippen LogP contribution in [0.3, 0.4) is 0 Å². The fourth-order valence-corrected chi connectivity index (χ4v) is 3.61. The molecular formula is C17H26N4. The molecule has 4 nitrogen and oxygen atoms in total. The van der Waals surface area contributed by atoms with Crippen LogP contribution in [0.25, 0.3) is 5.65 Å². The molecule has 1 fully saturated rings. The first-order chi connectivity index (χ1) is 10.2. The third kappa shape index (κ3) is 2.77. The maximum absolute atomic E-state index is 5.82. The van der Waals surface area contributed by atoms with E-state index in [0.29, 0.717) is 12.6 Å². The lowest BCUT2D eigenvalue weighted by Crippen LogP contribution is -2.36. The van der Waals surface area contributed by atoms with Gasteiger partial charge in [-0.15, -0.1) is 0 Å². The zero-order chi connectivity index (χ0) is 14.8. The summed E-state index contributed by atoms with van der Waals surface area (Å²) in [5.41, 5.74) is 8.09. The molecular weight excluding hydrogens is 260 g/mol. The quantitative estimate of drug-likeness (QED) is 0.940. The minimum Gasteiger partial charge on any atom is -0.355 e. The lowest BCUT2D eigenvalue weighted by molar-refractivity contribution is 0.335. The van der Waals surface area contributed by atoms with Gasteiger partial charge in [-0.2, -0.15) is 0 Å². The maximum atomic E-state index is 5.82. The number of fused-ring (bicyclic) bond motifs is 1. The Labute approximate surface area is 127 Å². The van der Waals surface area contributed by atoms with Crippen LogP contribution in [-0.4, -0.2) is 29.0 Å². The molecule has 2 N–H and O–H groups in total. The molecule has 2 atom stereocenters. The molecule has 2 heterocycles. The van der Waals surface area contributed by atoms with Gasteiger partial charge in [0.2, 0.25) is 0 Å². The number of nitrogens with zero attached hydrogens (tertiary/aromatic N) is 3. The molecule has 21 heavy (non-hydrogen) atoms. The monoisotopic (exact) mass is 286 g/mol. The van der Waals surface area contributed by atoms with Crippen molar-refractivity contribution in [2.45, 2.75) is 45.1 Å². The van der Waals surface area contributed by atoms with Gasteiger partial charge >= 0.3 is 0 Å². The van der Waals surface area contributed by atoms with Crippen LogP contribution in [0, 0.1) is 5.92 Å². The molecule has 0 aromatic carbocycles. The van der Waals surface area contributed by atoms with Gasteiger partial charge in [-0.25, -0.2) is 4.98 Å². The molecule has 1 aliphatic carbocycles. The first-order valence-corrected chi connectivity index (χ1v) is 8.09. The highest BCUT2D eigenvalue weighted by Gasteiger charge is 2.26. The average Bonchev–Trinajstić information content (AvgIpc) is 2.86. The van der Waals surface area contributed by atoms with Crippen LogP contribution in [0.4, 0.5) is 5.82 Å². The second kappa shape index (κ2) is 6.06. The normalized spacial score (nSPS) is 22.6. The van der Waals surface area contributed by atoms with Crippen LogP contribution in [-0.2, 0) is 6.42 Å². The van der Waals surface area contributed by atoms with Crippen molar-refractivity contribution in [3.8, 4) is 0 Å². The van der Waals surface area contributed by atoms with Crippen molar-refractivity contribution in [2.24, 2.45) is 11.7 Å². The summed E-state index contributed by atoms with van der Waals surface area (Å²) in [5.74, 6) is 1.94. The summed E-state index contributed by atoms with van der Waals surface area (Å²) in [6, 6.07) is 6.78. The zero-order valence-corrected chi connectivity index (χ0v) is 13.1. The third-order valence-electron chi connectivity index (χ3n) is 4.78. The Balaban J connectivity index is 1.96. The highest BCUT2D eigenvalue weighted by molar-refractivity contribution is 5.56. The Morgan fingerprint density at radius 2 is 2.24 bits per heavy atom. The molecule has 0 radical (unpaired) electrons. The van der Waals surface area contributed by atoms with Crippen LogP contribution < -0.4 is 10.6 Å². The number of pyridine rings is 1. The molecule has 2 aromatic rings. The second-order valence-electron chi connectivity index (χ2n) is 6.39. The number of nitrogens with two attached hydrogens (primary N) is 1. The highest BCUT2D eigenvalue weighted by Crippen LogP contribution is 2.31. The lowest BCUT2D eigenvalue weighted by Gasteiger charge is -2.34. The molecule has 0 amide bonds. The van der Waals surface area contributed by atoms with Crippen LogP contribution in [0.2, 0.25) is 0 Å². The zero-order valence-electron chi connectivity index (χ0n) is 13.1. The number of imidazole rings is 1. The van der Waals surface area contributed by atoms with Crippen molar-refractivity contribution in [1.29, 1.82) is 0 Å². The van der Waals surface area contributed by atoms with E-state index in [-0.39, 0.29) is 0 Å². The van der Waals surface area contributed by atoms with Crippen molar-refractivity contribution < 1.29 is 0 Å². The van der Waals surface area contributed by atoms with E-state index in [0.717, 1.165) is 23.8 Å². The van der Waals surface area contributed by atoms with E-state index >= 15 is 0 Å². The Kier molecular flexibility index (Phi) is 4.15. The van der Waals surface area contributed by atoms with Crippen LogP contribution >= 0.6 is 0 Å². The fourth-order valence-electron chi connectivity index (χ4n) is 3.61. The van der Waals surface area contributed by atoms with Crippen molar-refractivity contribution in [3.05, 3.63) is 30.1 Å². The molecule has 4 heteroatoms. The van der Waals surface area contributed by atoms with Gasteiger partial charge in [0.15, 0.2) is 5.82 Å². The smallest absolute Gasteiger partial charge is 0.151 e. The third-order valence-corrected chi connectivity index (χ3v) is 4.78. The van der Waals surface area contributed by atoms with Crippen LogP contribution in [0.1, 0.15) is 38.3 Å². The lowest BCUT2D eigenvalue weighted by atomic mass is 9.86. The summed E-state index contributed by atoms with van der Waals surface area (Å²) in [7, 11) is 2.20. The molecule has 2 unspecified atom stereocenters. The largest absolute Gasteiger partial charge is 0.355 e. The topological polar surface area (TPSA) is 46.6 Å². The minimum absolute atomic E-state index is 0.607. The summed E-state index contributed by atoms with van der Waals surface area (Å²) in [6.07, 6.45) is 8.20. The van der Waals surface area contributed by atoms with Gasteiger partial charge in [0.1, 0.15) is 5.65 Å². The van der Waals surface area contributed by atoms with E-state index in [1.807, 2.05) is 6.07 Å². The highest BCUT2D eigenvalue weighted by atomic mass is 15.2. The van der Waals surface area contributed by atoms with Crippen LogP contribution in [0.15, 0.2) is 24.4 Å². The Hall–Kier alpha value is -1.55. The number of anilines is 1. The maximum Gasteiger partial charge on any atom is 0.151 e. The van der Waals surface area contributed by atoms with Gasteiger partial charge in [-0.3, -0.25) is 0 Å². The Morgan fingerprint density at radius 3 is 3.00 bits per heavy atom. The summed E-state index contributed by atoms with van der Waals surface area (Å²) < 4.78 is 2.19. The van der Waals surface area contributed by atoms with Gasteiger partial charge in [-0.05, 0) is 37.4 Å². The van der Waals surface area contributed by atoms with E-state index in [1.54, 1.807) is 0 Å². The number of aromatic nitrogens is 2. The fraction of sp³-hybridized carbons (Fsp3) is 0.588. The van der Waals surface area contributed by atoms with Gasteiger partial charge in [0.05, 0.1) is 5.69 Å². The molecule has 114 valence electrons. The first kappa shape index (κ1) is 14.4. The number of hydrogen-bond donors (Lipinski definition) is 1. The van der Waals surface area contributed by atoms with E-state index in [4.69, 9.17) is 10.7 Å². The molecule has 2 aromatic heterocycles. The molecule has 0 saturated heterocycles. The molecule has 3 rings (SSSR count). The van der Waals surface area contributed by atoms with E-state index in [9.17, 15) is 0 Å². The average molecular weight is 286 g/mol. The molecule has 0 bridgehead atoms. The van der Waals surface area contributed by atoms with Gasteiger partial charge in [0.25, 0.3) is 0 Å². The predicted octanol–water partition coefficient (Wildman–Crippen LogP) is 2.85. The standard InChI is InChI=1S/C17H26N4/c1-13-6-5-7-14(12-13)20(2)17-15(9-10-18)21-11-4-3-8-16(21)19-17/h3-4,8,11,13-14H,5-7,9-10,12,18H2,1-2H3. The van der Waals surface area contributed by atoms with Crippen molar-refractivity contribution in [1.82, 2.24) is 9.38 Å². The van der Waals surface area contributed by atoms with Gasteiger partial charge < -0.3 is 15.0 Å². The summed E-state index contributed by atoms with van der Waals surface area (Å²) in [4.78, 5) is 7.26. The summed E-state index contributed by atoms with van der Waals surface area (Å²) in [5, 5.41) is 0. The van der Waals surface area contributed by atoms with E-state index in [1.165, 1.54) is 31.4 Å². The Morgan fingerprint density at radius 1 is 1.38 bits per heavy atom. The predicted molar refractivity (Wildman–Crippen MR) is 87.8 cm³/mol. The molecule has 0 aliphatic heterocycles. The summed E-state index contributed by atoms with van der Waals surface area (Å²) in [6.45, 7) is 3.02. The minimum atomic E-state index is 0.607. The first-order valence-electron chi connectivity index (χ1n) is 8.09. The Bertz CT molecular complexity index is 604. The SMILES string of the molecule is CC1CCCC(N(C)c2nc3ccccn3c2CCN)C1. The van der Waals surface area contributed by atoms with Crippen LogP contribution in [0.5, 0.6) is 0 Å². The second-order valence-corrected chi connectivity index (χ2v) is 6.39. The van der Waals surface area contributed by atoms with Gasteiger partial charge in [-0.1, -0.05) is 25.8 Å². The van der Waals surface area contributed by atoms with Crippen molar-refractivity contribution >= 4 is 11.5 Å².